The Bertz CT molecular complexity index is 522. The Morgan fingerprint density at radius 3 is 3.12 bits per heavy atom. The number of carbonyl (C=O) groups is 1. The van der Waals surface area contributed by atoms with E-state index in [-0.39, 0.29) is 5.91 Å². The number of anilines is 1. The van der Waals surface area contributed by atoms with Crippen molar-refractivity contribution in [2.75, 3.05) is 5.32 Å². The molecule has 0 aliphatic rings. The van der Waals surface area contributed by atoms with Crippen LogP contribution in [0.15, 0.2) is 10.5 Å². The molecule has 0 fully saturated rings. The van der Waals surface area contributed by atoms with Crippen LogP contribution in [0.3, 0.4) is 0 Å². The third kappa shape index (κ3) is 3.24. The van der Waals surface area contributed by atoms with Gasteiger partial charge in [0.25, 0.3) is 0 Å². The average molecular weight is 270 g/mol. The second-order valence-corrected chi connectivity index (χ2v) is 5.00. The van der Waals surface area contributed by atoms with Gasteiger partial charge in [0.05, 0.1) is 5.69 Å². The molecule has 1 N–H and O–H groups in total. The predicted molar refractivity (Wildman–Crippen MR) is 64.8 cm³/mol. The largest absolute Gasteiger partial charge is 0.302 e. The van der Waals surface area contributed by atoms with Crippen LogP contribution in [0.4, 0.5) is 5.13 Å². The van der Waals surface area contributed by atoms with Gasteiger partial charge in [0.15, 0.2) is 5.13 Å². The summed E-state index contributed by atoms with van der Waals surface area (Å²) in [6, 6.07) is 0. The minimum Gasteiger partial charge on any atom is -0.302 e. The molecule has 0 saturated heterocycles. The fraction of sp³-hybridized carbons (Fsp3) is 0.375. The van der Waals surface area contributed by atoms with E-state index < -0.39 is 0 Å². The van der Waals surface area contributed by atoms with Crippen LogP contribution in [0.1, 0.15) is 12.6 Å². The van der Waals surface area contributed by atoms with Crippen LogP contribution in [-0.4, -0.2) is 31.1 Å². The van der Waals surface area contributed by atoms with Crippen molar-refractivity contribution in [3.8, 4) is 0 Å². The topological polar surface area (TPSA) is 85.6 Å². The SMILES string of the molecule is CC(=O)Nc1nc(CSc2nnnn2C)cs1. The zero-order valence-electron chi connectivity index (χ0n) is 9.25. The molecular formula is C8H10N6OS2. The maximum absolute atomic E-state index is 10.8. The van der Waals surface area contributed by atoms with E-state index >= 15 is 0 Å². The number of nitrogens with zero attached hydrogens (tertiary/aromatic N) is 5. The molecule has 7 nitrogen and oxygen atoms in total. The van der Waals surface area contributed by atoms with Crippen molar-refractivity contribution in [2.24, 2.45) is 7.05 Å². The lowest BCUT2D eigenvalue weighted by Gasteiger charge is -1.96. The van der Waals surface area contributed by atoms with E-state index in [0.717, 1.165) is 10.9 Å². The second-order valence-electron chi connectivity index (χ2n) is 3.20. The lowest BCUT2D eigenvalue weighted by atomic mass is 10.6. The minimum atomic E-state index is -0.115. The summed E-state index contributed by atoms with van der Waals surface area (Å²) < 4.78 is 1.60. The Morgan fingerprint density at radius 1 is 1.65 bits per heavy atom. The first-order valence-electron chi connectivity index (χ1n) is 4.72. The Kier molecular flexibility index (Phi) is 3.69. The molecule has 17 heavy (non-hydrogen) atoms. The van der Waals surface area contributed by atoms with Gasteiger partial charge in [0.1, 0.15) is 0 Å². The lowest BCUT2D eigenvalue weighted by Crippen LogP contribution is -2.05. The number of aryl methyl sites for hydroxylation is 1. The molecule has 0 saturated carbocycles. The summed E-state index contributed by atoms with van der Waals surface area (Å²) in [4.78, 5) is 15.1. The van der Waals surface area contributed by atoms with E-state index in [2.05, 4.69) is 25.8 Å². The van der Waals surface area contributed by atoms with Crippen molar-refractivity contribution < 1.29 is 4.79 Å². The van der Waals surface area contributed by atoms with Crippen molar-refractivity contribution in [1.82, 2.24) is 25.2 Å². The van der Waals surface area contributed by atoms with Gasteiger partial charge in [-0.1, -0.05) is 11.8 Å². The van der Waals surface area contributed by atoms with Gasteiger partial charge in [-0.2, -0.15) is 0 Å². The highest BCUT2D eigenvalue weighted by Gasteiger charge is 2.07. The van der Waals surface area contributed by atoms with Crippen LogP contribution < -0.4 is 5.32 Å². The van der Waals surface area contributed by atoms with Crippen LogP contribution in [-0.2, 0) is 17.6 Å². The molecule has 0 radical (unpaired) electrons. The molecule has 0 aliphatic heterocycles. The Balaban J connectivity index is 1.93. The van der Waals surface area contributed by atoms with Gasteiger partial charge in [-0.05, 0) is 10.4 Å². The number of aromatic nitrogens is 5. The molecule has 9 heteroatoms. The number of tetrazole rings is 1. The van der Waals surface area contributed by atoms with E-state index in [4.69, 9.17) is 0 Å². The van der Waals surface area contributed by atoms with E-state index in [1.165, 1.54) is 30.0 Å². The van der Waals surface area contributed by atoms with Crippen LogP contribution in [0, 0.1) is 0 Å². The van der Waals surface area contributed by atoms with Crippen molar-refractivity contribution in [2.45, 2.75) is 17.8 Å². The van der Waals surface area contributed by atoms with Crippen LogP contribution in [0.2, 0.25) is 0 Å². The molecule has 90 valence electrons. The zero-order valence-corrected chi connectivity index (χ0v) is 10.9. The monoisotopic (exact) mass is 270 g/mol. The summed E-state index contributed by atoms with van der Waals surface area (Å²) >= 11 is 2.90. The number of hydrogen-bond acceptors (Lipinski definition) is 7. The number of thioether (sulfide) groups is 1. The van der Waals surface area contributed by atoms with Crippen molar-refractivity contribution in [3.63, 3.8) is 0 Å². The standard InChI is InChI=1S/C8H10N6OS2/c1-5(15)9-7-10-6(3-16-7)4-17-8-11-12-13-14(8)2/h3H,4H2,1-2H3,(H,9,10,15). The van der Waals surface area contributed by atoms with Gasteiger partial charge in [0, 0.05) is 25.1 Å². The van der Waals surface area contributed by atoms with Crippen molar-refractivity contribution in [3.05, 3.63) is 11.1 Å². The van der Waals surface area contributed by atoms with E-state index in [1.807, 2.05) is 5.38 Å². The summed E-state index contributed by atoms with van der Waals surface area (Å²) in [5.74, 6) is 0.556. The number of thiazole rings is 1. The fourth-order valence-corrected chi connectivity index (χ4v) is 2.67. The molecular weight excluding hydrogens is 260 g/mol. The van der Waals surface area contributed by atoms with Gasteiger partial charge in [-0.25, -0.2) is 9.67 Å². The highest BCUT2D eigenvalue weighted by molar-refractivity contribution is 7.98. The number of nitrogens with one attached hydrogen (secondary N) is 1. The van der Waals surface area contributed by atoms with Gasteiger partial charge in [-0.15, -0.1) is 16.4 Å². The molecule has 0 aromatic carbocycles. The van der Waals surface area contributed by atoms with Gasteiger partial charge >= 0.3 is 0 Å². The lowest BCUT2D eigenvalue weighted by molar-refractivity contribution is -0.114. The third-order valence-electron chi connectivity index (χ3n) is 1.77. The van der Waals surface area contributed by atoms with E-state index in [9.17, 15) is 4.79 Å². The molecule has 0 aliphatic carbocycles. The first kappa shape index (κ1) is 12.0. The maximum Gasteiger partial charge on any atom is 0.223 e. The first-order valence-corrected chi connectivity index (χ1v) is 6.59. The molecule has 0 spiro atoms. The zero-order chi connectivity index (χ0) is 12.3. The van der Waals surface area contributed by atoms with Crippen molar-refractivity contribution >= 4 is 34.1 Å². The molecule has 1 amide bonds. The summed E-state index contributed by atoms with van der Waals surface area (Å²) in [7, 11) is 1.78. The minimum absolute atomic E-state index is 0.115. The summed E-state index contributed by atoms with van der Waals surface area (Å²) in [6.45, 7) is 1.46. The number of amides is 1. The first-order chi connectivity index (χ1) is 8.15. The van der Waals surface area contributed by atoms with Gasteiger partial charge in [-0.3, -0.25) is 4.79 Å². The quantitative estimate of drug-likeness (QED) is 0.831. The Labute approximate surface area is 106 Å². The Morgan fingerprint density at radius 2 is 2.47 bits per heavy atom. The number of rotatable bonds is 4. The fourth-order valence-electron chi connectivity index (χ4n) is 1.06. The van der Waals surface area contributed by atoms with Gasteiger partial charge < -0.3 is 5.32 Å². The maximum atomic E-state index is 10.8. The van der Waals surface area contributed by atoms with Crippen LogP contribution in [0.25, 0.3) is 0 Å². The highest BCUT2D eigenvalue weighted by atomic mass is 32.2. The third-order valence-corrected chi connectivity index (χ3v) is 3.62. The summed E-state index contributed by atoms with van der Waals surface area (Å²) in [6.07, 6.45) is 0. The molecule has 0 unspecified atom stereocenters. The highest BCUT2D eigenvalue weighted by Crippen LogP contribution is 2.22. The molecule has 2 heterocycles. The average Bonchev–Trinajstić information content (AvgIpc) is 2.84. The molecule has 2 aromatic heterocycles. The summed E-state index contributed by atoms with van der Waals surface area (Å²) in [5, 5.41) is 17.0. The molecule has 2 aromatic rings. The van der Waals surface area contributed by atoms with Gasteiger partial charge in [0.2, 0.25) is 11.1 Å². The number of hydrogen-bond donors (Lipinski definition) is 1. The summed E-state index contributed by atoms with van der Waals surface area (Å²) in [5.41, 5.74) is 0.895. The molecule has 0 bridgehead atoms. The molecule has 2 rings (SSSR count). The smallest absolute Gasteiger partial charge is 0.223 e. The molecule has 0 atom stereocenters. The Hall–Kier alpha value is -1.48. The van der Waals surface area contributed by atoms with E-state index in [1.54, 1.807) is 11.7 Å². The van der Waals surface area contributed by atoms with Crippen LogP contribution >= 0.6 is 23.1 Å². The normalized spacial score (nSPS) is 10.5. The second kappa shape index (κ2) is 5.23. The van der Waals surface area contributed by atoms with E-state index in [0.29, 0.717) is 10.9 Å². The van der Waals surface area contributed by atoms with Crippen molar-refractivity contribution in [1.29, 1.82) is 0 Å². The predicted octanol–water partition coefficient (Wildman–Crippen LogP) is 0.917. The number of carbonyl (C=O) groups excluding carboxylic acids is 1. The van der Waals surface area contributed by atoms with Crippen LogP contribution in [0.5, 0.6) is 0 Å².